The molecule has 0 saturated carbocycles. The van der Waals surface area contributed by atoms with Crippen molar-refractivity contribution in [2.24, 2.45) is 0 Å². The van der Waals surface area contributed by atoms with Gasteiger partial charge in [-0.1, -0.05) is 36.4 Å². The fraction of sp³-hybridized carbons (Fsp3) is 0.0526. The van der Waals surface area contributed by atoms with Crippen LogP contribution < -0.4 is 10.1 Å². The molecule has 1 N–H and O–H groups in total. The molecule has 0 aromatic heterocycles. The van der Waals surface area contributed by atoms with E-state index in [0.717, 1.165) is 6.07 Å². The number of benzene rings is 2. The van der Waals surface area contributed by atoms with Crippen LogP contribution >= 0.6 is 11.6 Å². The molecule has 0 aliphatic rings. The van der Waals surface area contributed by atoms with Gasteiger partial charge < -0.3 is 10.1 Å². The van der Waals surface area contributed by atoms with Crippen molar-refractivity contribution in [2.45, 2.75) is 0 Å². The summed E-state index contributed by atoms with van der Waals surface area (Å²) in [5.74, 6) is -0.549. The molecule has 4 nitrogen and oxygen atoms in total. The molecule has 1 amide bonds. The van der Waals surface area contributed by atoms with E-state index in [0.29, 0.717) is 23.6 Å². The minimum atomic E-state index is -0.614. The summed E-state index contributed by atoms with van der Waals surface area (Å²) in [6.45, 7) is 3.95. The van der Waals surface area contributed by atoms with Crippen LogP contribution in [0, 0.1) is 17.1 Å². The number of rotatable bonds is 6. The number of ether oxygens (including phenoxy) is 1. The van der Waals surface area contributed by atoms with Crippen molar-refractivity contribution in [3.05, 3.63) is 77.1 Å². The molecule has 2 aromatic rings. The van der Waals surface area contributed by atoms with Crippen molar-refractivity contribution in [1.82, 2.24) is 0 Å². The number of carbonyl (C=O) groups is 1. The van der Waals surface area contributed by atoms with E-state index in [1.807, 2.05) is 6.07 Å². The monoisotopic (exact) mass is 356 g/mol. The maximum atomic E-state index is 13.1. The fourth-order valence-corrected chi connectivity index (χ4v) is 2.08. The molecule has 0 fully saturated rings. The average molecular weight is 357 g/mol. The smallest absolute Gasteiger partial charge is 0.266 e. The van der Waals surface area contributed by atoms with Crippen molar-refractivity contribution in [3.8, 4) is 11.8 Å². The van der Waals surface area contributed by atoms with Crippen molar-refractivity contribution in [1.29, 1.82) is 5.26 Å². The van der Waals surface area contributed by atoms with E-state index in [1.165, 1.54) is 18.2 Å². The number of anilines is 1. The van der Waals surface area contributed by atoms with Crippen LogP contribution in [-0.4, -0.2) is 12.5 Å². The van der Waals surface area contributed by atoms with Gasteiger partial charge in [0.15, 0.2) is 0 Å². The quantitative estimate of drug-likeness (QED) is 0.468. The summed E-state index contributed by atoms with van der Waals surface area (Å²) in [6, 6.07) is 12.5. The lowest BCUT2D eigenvalue weighted by molar-refractivity contribution is -0.112. The second-order valence-electron chi connectivity index (χ2n) is 4.92. The van der Waals surface area contributed by atoms with Gasteiger partial charge in [-0.25, -0.2) is 4.39 Å². The number of nitriles is 1. The molecular formula is C19H14ClFN2O2. The van der Waals surface area contributed by atoms with Crippen LogP contribution in [0.25, 0.3) is 6.08 Å². The summed E-state index contributed by atoms with van der Waals surface area (Å²) < 4.78 is 18.5. The van der Waals surface area contributed by atoms with Crippen LogP contribution in [0.5, 0.6) is 5.75 Å². The van der Waals surface area contributed by atoms with Gasteiger partial charge in [-0.3, -0.25) is 4.79 Å². The van der Waals surface area contributed by atoms with Crippen molar-refractivity contribution in [2.75, 3.05) is 11.9 Å². The first kappa shape index (κ1) is 18.2. The number of halogens is 2. The third kappa shape index (κ3) is 5.20. The Bertz CT molecular complexity index is 855. The molecule has 0 bridgehead atoms. The number of nitrogens with zero attached hydrogens (tertiary/aromatic N) is 1. The molecule has 2 aromatic carbocycles. The first-order valence-electron chi connectivity index (χ1n) is 7.25. The predicted molar refractivity (Wildman–Crippen MR) is 95.8 cm³/mol. The maximum Gasteiger partial charge on any atom is 0.266 e. The number of hydrogen-bond acceptors (Lipinski definition) is 3. The summed E-state index contributed by atoms with van der Waals surface area (Å²) in [6.07, 6.45) is 3.07. The van der Waals surface area contributed by atoms with Crippen molar-refractivity contribution in [3.63, 3.8) is 0 Å². The molecule has 126 valence electrons. The molecule has 2 rings (SSSR count). The second-order valence-corrected chi connectivity index (χ2v) is 5.33. The van der Waals surface area contributed by atoms with E-state index >= 15 is 0 Å². The van der Waals surface area contributed by atoms with Gasteiger partial charge in [0.05, 0.1) is 5.02 Å². The van der Waals surface area contributed by atoms with E-state index in [9.17, 15) is 14.4 Å². The van der Waals surface area contributed by atoms with Crippen molar-refractivity contribution >= 4 is 29.3 Å². The molecule has 0 atom stereocenters. The van der Waals surface area contributed by atoms with E-state index in [-0.39, 0.29) is 10.6 Å². The number of nitrogens with one attached hydrogen (secondary N) is 1. The standard InChI is InChI=1S/C19H14ClFN2O2/c1-2-9-25-16-6-3-13(4-7-16)10-14(12-22)19(24)23-15-5-8-18(21)17(20)11-15/h2-8,10-11H,1,9H2,(H,23,24)/b14-10+. The van der Waals surface area contributed by atoms with Gasteiger partial charge in [0.25, 0.3) is 5.91 Å². The molecule has 0 spiro atoms. The normalized spacial score (nSPS) is 10.7. The fourth-order valence-electron chi connectivity index (χ4n) is 1.90. The van der Waals surface area contributed by atoms with Crippen LogP contribution in [0.1, 0.15) is 5.56 Å². The first-order valence-corrected chi connectivity index (χ1v) is 7.63. The van der Waals surface area contributed by atoms with E-state index in [4.69, 9.17) is 16.3 Å². The van der Waals surface area contributed by atoms with Crippen LogP contribution in [-0.2, 0) is 4.79 Å². The van der Waals surface area contributed by atoms with Gasteiger partial charge in [-0.05, 0) is 42.0 Å². The van der Waals surface area contributed by atoms with Gasteiger partial charge in [0.2, 0.25) is 0 Å². The Labute approximate surface area is 149 Å². The Morgan fingerprint density at radius 1 is 1.32 bits per heavy atom. The zero-order valence-electron chi connectivity index (χ0n) is 13.1. The third-order valence-electron chi connectivity index (χ3n) is 3.10. The van der Waals surface area contributed by atoms with Crippen LogP contribution in [0.4, 0.5) is 10.1 Å². The minimum Gasteiger partial charge on any atom is -0.490 e. The zero-order valence-corrected chi connectivity index (χ0v) is 13.9. The van der Waals surface area contributed by atoms with Crippen LogP contribution in [0.3, 0.4) is 0 Å². The highest BCUT2D eigenvalue weighted by Crippen LogP contribution is 2.20. The second kappa shape index (κ2) is 8.67. The lowest BCUT2D eigenvalue weighted by Gasteiger charge is -2.06. The van der Waals surface area contributed by atoms with Gasteiger partial charge in [-0.15, -0.1) is 0 Å². The molecule has 0 heterocycles. The molecule has 0 unspecified atom stereocenters. The Balaban J connectivity index is 2.13. The number of carbonyl (C=O) groups excluding carboxylic acids is 1. The Morgan fingerprint density at radius 3 is 2.64 bits per heavy atom. The van der Waals surface area contributed by atoms with E-state index < -0.39 is 11.7 Å². The molecule has 6 heteroatoms. The lowest BCUT2D eigenvalue weighted by atomic mass is 10.1. The van der Waals surface area contributed by atoms with Gasteiger partial charge >= 0.3 is 0 Å². The summed E-state index contributed by atoms with van der Waals surface area (Å²) in [5, 5.41) is 11.6. The van der Waals surface area contributed by atoms with E-state index in [1.54, 1.807) is 30.3 Å². The Morgan fingerprint density at radius 2 is 2.04 bits per heavy atom. The lowest BCUT2D eigenvalue weighted by Crippen LogP contribution is -2.13. The highest BCUT2D eigenvalue weighted by Gasteiger charge is 2.11. The summed E-state index contributed by atoms with van der Waals surface area (Å²) in [5.41, 5.74) is 0.862. The molecule has 0 aliphatic carbocycles. The van der Waals surface area contributed by atoms with Gasteiger partial charge in [0.1, 0.15) is 29.8 Å². The Kier molecular flexibility index (Phi) is 6.33. The van der Waals surface area contributed by atoms with Crippen LogP contribution in [0.2, 0.25) is 5.02 Å². The topological polar surface area (TPSA) is 62.1 Å². The van der Waals surface area contributed by atoms with Crippen LogP contribution in [0.15, 0.2) is 60.7 Å². The third-order valence-corrected chi connectivity index (χ3v) is 3.39. The molecule has 0 saturated heterocycles. The minimum absolute atomic E-state index is 0.0970. The zero-order chi connectivity index (χ0) is 18.2. The van der Waals surface area contributed by atoms with Gasteiger partial charge in [0, 0.05) is 5.69 Å². The number of amides is 1. The van der Waals surface area contributed by atoms with Gasteiger partial charge in [-0.2, -0.15) is 5.26 Å². The predicted octanol–water partition coefficient (Wildman–Crippen LogP) is 4.59. The molecular weight excluding hydrogens is 343 g/mol. The molecule has 0 aliphatic heterocycles. The maximum absolute atomic E-state index is 13.1. The summed E-state index contributed by atoms with van der Waals surface area (Å²) in [7, 11) is 0. The highest BCUT2D eigenvalue weighted by molar-refractivity contribution is 6.31. The largest absolute Gasteiger partial charge is 0.490 e. The SMILES string of the molecule is C=CCOc1ccc(/C=C(\C#N)C(=O)Nc2ccc(F)c(Cl)c2)cc1. The average Bonchev–Trinajstić information content (AvgIpc) is 2.62. The molecule has 0 radical (unpaired) electrons. The summed E-state index contributed by atoms with van der Waals surface area (Å²) in [4.78, 5) is 12.2. The summed E-state index contributed by atoms with van der Waals surface area (Å²) >= 11 is 5.67. The molecule has 25 heavy (non-hydrogen) atoms. The first-order chi connectivity index (χ1) is 12.0. The highest BCUT2D eigenvalue weighted by atomic mass is 35.5. The van der Waals surface area contributed by atoms with Crippen molar-refractivity contribution < 1.29 is 13.9 Å². The number of hydrogen-bond donors (Lipinski definition) is 1. The van der Waals surface area contributed by atoms with E-state index in [2.05, 4.69) is 11.9 Å². The Hall–Kier alpha value is -3.10.